The van der Waals surface area contributed by atoms with E-state index >= 15 is 0 Å². The lowest BCUT2D eigenvalue weighted by Gasteiger charge is -2.28. The maximum Gasteiger partial charge on any atom is 0.461 e. The van der Waals surface area contributed by atoms with E-state index in [0.717, 1.165) is 0 Å². The second kappa shape index (κ2) is 4.05. The molecule has 21 heavy (non-hydrogen) atoms. The molecule has 1 rings (SSSR count). The van der Waals surface area contributed by atoms with Crippen molar-refractivity contribution in [2.45, 2.75) is 36.2 Å². The molecule has 0 N–H and O–H groups in total. The average molecular weight is 349 g/mol. The fourth-order valence-corrected chi connectivity index (χ4v) is 0.996. The van der Waals surface area contributed by atoms with Crippen LogP contribution in [0.25, 0.3) is 0 Å². The smallest absolute Gasteiger partial charge is 0.225 e. The van der Waals surface area contributed by atoms with Crippen LogP contribution >= 0.6 is 0 Å². The first kappa shape index (κ1) is 18.1. The monoisotopic (exact) mass is 349 g/mol. The number of hydrogen-bond acceptors (Lipinski definition) is 2. The van der Waals surface area contributed by atoms with Crippen LogP contribution in [0.3, 0.4) is 0 Å². The van der Waals surface area contributed by atoms with Crippen LogP contribution in [0.1, 0.15) is 0 Å². The third kappa shape index (κ3) is 2.20. The molecule has 0 aromatic carbocycles. The van der Waals surface area contributed by atoms with Crippen LogP contribution in [0.5, 0.6) is 0 Å². The normalized spacial score (nSPS) is 28.7. The van der Waals surface area contributed by atoms with Gasteiger partial charge in [-0.2, -0.15) is 57.1 Å². The van der Waals surface area contributed by atoms with Crippen LogP contribution in [0.15, 0.2) is 0 Å². The molecule has 1 aliphatic rings. The second-order valence-corrected chi connectivity index (χ2v) is 3.63. The van der Waals surface area contributed by atoms with Crippen molar-refractivity contribution in [3.63, 3.8) is 0 Å². The van der Waals surface area contributed by atoms with Gasteiger partial charge in [0, 0.05) is 0 Å². The zero-order chi connectivity index (χ0) is 17.3. The van der Waals surface area contributed by atoms with Crippen molar-refractivity contribution in [2.24, 2.45) is 0 Å². The predicted molar refractivity (Wildman–Crippen MR) is 33.7 cm³/mol. The molecule has 0 aliphatic carbocycles. The minimum atomic E-state index is -7.16. The molecule has 1 saturated heterocycles. The highest BCUT2D eigenvalue weighted by Gasteiger charge is 2.93. The highest BCUT2D eigenvalue weighted by molar-refractivity contribution is 5.03. The molecule has 0 saturated carbocycles. The Bertz CT molecular complexity index is 423. The van der Waals surface area contributed by atoms with E-state index in [1.54, 1.807) is 0 Å². The number of rotatable bonds is 3. The Hall–Kier alpha value is -0.990. The van der Waals surface area contributed by atoms with Crippen molar-refractivity contribution in [3.05, 3.63) is 0 Å². The summed E-state index contributed by atoms with van der Waals surface area (Å²) in [5.74, 6) is -19.8. The topological polar surface area (TPSA) is 15.5 Å². The lowest BCUT2D eigenvalue weighted by molar-refractivity contribution is -0.395. The third-order valence-electron chi connectivity index (χ3n) is 2.17. The number of hydrogen-bond donors (Lipinski definition) is 0. The molecular formula is C6F13NO. The van der Waals surface area contributed by atoms with Gasteiger partial charge >= 0.3 is 36.2 Å². The van der Waals surface area contributed by atoms with Gasteiger partial charge in [-0.15, -0.1) is 0 Å². The van der Waals surface area contributed by atoms with Gasteiger partial charge in [-0.1, -0.05) is 0 Å². The molecule has 2 nitrogen and oxygen atoms in total. The zero-order valence-corrected chi connectivity index (χ0v) is 8.77. The molecule has 0 spiro atoms. The Balaban J connectivity index is 3.18. The summed E-state index contributed by atoms with van der Waals surface area (Å²) in [5.41, 5.74) is 0. The molecule has 0 aromatic rings. The van der Waals surface area contributed by atoms with Crippen LogP contribution in [-0.2, 0) is 4.84 Å². The lowest BCUT2D eigenvalue weighted by Crippen LogP contribution is -2.60. The lowest BCUT2D eigenvalue weighted by atomic mass is 10.2. The number of hydroxylamine groups is 2. The van der Waals surface area contributed by atoms with Gasteiger partial charge < -0.3 is 0 Å². The average Bonchev–Trinajstić information content (AvgIpc) is 2.89. The van der Waals surface area contributed by atoms with Gasteiger partial charge in [0.05, 0.1) is 0 Å². The summed E-state index contributed by atoms with van der Waals surface area (Å²) in [7, 11) is 0. The zero-order valence-electron chi connectivity index (χ0n) is 8.77. The van der Waals surface area contributed by atoms with Crippen LogP contribution < -0.4 is 0 Å². The molecule has 1 heterocycles. The van der Waals surface area contributed by atoms with Crippen molar-refractivity contribution < 1.29 is 61.9 Å². The van der Waals surface area contributed by atoms with Gasteiger partial charge in [0.25, 0.3) is 0 Å². The number of alkyl halides is 13. The maximum atomic E-state index is 12.9. The van der Waals surface area contributed by atoms with Gasteiger partial charge in [0.1, 0.15) is 0 Å². The van der Waals surface area contributed by atoms with Gasteiger partial charge in [-0.3, -0.25) is 0 Å². The highest BCUT2D eigenvalue weighted by atomic mass is 19.4. The fraction of sp³-hybridized carbons (Fsp3) is 1.00. The van der Waals surface area contributed by atoms with E-state index in [1.807, 2.05) is 0 Å². The summed E-state index contributed by atoms with van der Waals surface area (Å²) in [4.78, 5) is 2.41. The standard InChI is InChI=1S/C6F13NO/c7-1(8,3(11,12)13)5(17,18)20-6(19,21-20)2(9,10)4(14,15)16/t6-,20?/m1/s1. The Kier molecular flexibility index (Phi) is 3.48. The van der Waals surface area contributed by atoms with Crippen LogP contribution in [0, 0.1) is 0 Å². The molecule has 0 aromatic heterocycles. The van der Waals surface area contributed by atoms with E-state index in [2.05, 4.69) is 4.84 Å². The van der Waals surface area contributed by atoms with Gasteiger partial charge in [-0.25, -0.2) is 4.84 Å². The summed E-state index contributed by atoms with van der Waals surface area (Å²) in [6, 6.07) is -6.85. The van der Waals surface area contributed by atoms with E-state index in [4.69, 9.17) is 0 Å². The molecule has 1 unspecified atom stereocenters. The van der Waals surface area contributed by atoms with Crippen molar-refractivity contribution in [1.29, 1.82) is 0 Å². The molecule has 1 aliphatic heterocycles. The molecule has 0 bridgehead atoms. The number of halogens is 13. The van der Waals surface area contributed by atoms with Gasteiger partial charge in [-0.05, 0) is 5.06 Å². The molecule has 0 radical (unpaired) electrons. The second-order valence-electron chi connectivity index (χ2n) is 3.63. The largest absolute Gasteiger partial charge is 0.461 e. The van der Waals surface area contributed by atoms with Gasteiger partial charge in [0.2, 0.25) is 0 Å². The minimum Gasteiger partial charge on any atom is -0.225 e. The summed E-state index contributed by atoms with van der Waals surface area (Å²) >= 11 is 0. The van der Waals surface area contributed by atoms with E-state index < -0.39 is 41.3 Å². The molecule has 126 valence electrons. The summed E-state index contributed by atoms with van der Waals surface area (Å²) in [6.07, 6.45) is -14.0. The van der Waals surface area contributed by atoms with Crippen molar-refractivity contribution in [3.8, 4) is 0 Å². The van der Waals surface area contributed by atoms with Crippen molar-refractivity contribution in [2.75, 3.05) is 0 Å². The Morgan fingerprint density at radius 2 is 1.05 bits per heavy atom. The first-order chi connectivity index (χ1) is 8.84. The van der Waals surface area contributed by atoms with Crippen LogP contribution in [0.4, 0.5) is 57.1 Å². The predicted octanol–water partition coefficient (Wildman–Crippen LogP) is 3.84. The van der Waals surface area contributed by atoms with Gasteiger partial charge in [0.15, 0.2) is 0 Å². The fourth-order valence-electron chi connectivity index (χ4n) is 0.996. The van der Waals surface area contributed by atoms with E-state index in [0.29, 0.717) is 0 Å². The Morgan fingerprint density at radius 1 is 0.667 bits per heavy atom. The molecule has 1 fully saturated rings. The molecule has 0 amide bonds. The quantitative estimate of drug-likeness (QED) is 0.437. The van der Waals surface area contributed by atoms with E-state index in [9.17, 15) is 57.1 Å². The van der Waals surface area contributed by atoms with Crippen molar-refractivity contribution >= 4 is 0 Å². The van der Waals surface area contributed by atoms with Crippen LogP contribution in [0.2, 0.25) is 0 Å². The first-order valence-corrected chi connectivity index (χ1v) is 4.29. The van der Waals surface area contributed by atoms with Crippen molar-refractivity contribution in [1.82, 2.24) is 5.06 Å². The van der Waals surface area contributed by atoms with E-state index in [-0.39, 0.29) is 0 Å². The summed E-state index contributed by atoms with van der Waals surface area (Å²) in [5, 5.41) is -2.68. The highest BCUT2D eigenvalue weighted by Crippen LogP contribution is 2.62. The van der Waals surface area contributed by atoms with Crippen LogP contribution in [-0.4, -0.2) is 41.3 Å². The third-order valence-corrected chi connectivity index (χ3v) is 2.17. The SMILES string of the molecule is FC(F)(F)C(F)(F)C(F)(F)N1O[C@@]1(F)C(F)(F)C(F)(F)F. The molecule has 15 heteroatoms. The summed E-state index contributed by atoms with van der Waals surface area (Å²) < 4.78 is 158. The summed E-state index contributed by atoms with van der Waals surface area (Å²) in [6.45, 7) is 0. The maximum absolute atomic E-state index is 12.9. The first-order valence-electron chi connectivity index (χ1n) is 4.29. The molecular weight excluding hydrogens is 349 g/mol. The minimum absolute atomic E-state index is 2.41. The Labute approximate surface area is 105 Å². The Morgan fingerprint density at radius 3 is 1.33 bits per heavy atom. The van der Waals surface area contributed by atoms with E-state index in [1.165, 1.54) is 0 Å². The molecule has 2 atom stereocenters. The number of nitrogens with zero attached hydrogens (tertiary/aromatic N) is 1.